The van der Waals surface area contributed by atoms with E-state index in [-0.39, 0.29) is 11.8 Å². The molecule has 1 aliphatic carbocycles. The number of para-hydroxylation sites is 2. The van der Waals surface area contributed by atoms with E-state index in [0.29, 0.717) is 29.7 Å². The molecule has 7 heteroatoms. The highest BCUT2D eigenvalue weighted by atomic mass is 32.2. The van der Waals surface area contributed by atoms with Crippen molar-refractivity contribution in [3.05, 3.63) is 54.1 Å². The molecular weight excluding hydrogens is 420 g/mol. The quantitative estimate of drug-likeness (QED) is 0.565. The molecule has 1 aliphatic heterocycles. The van der Waals surface area contributed by atoms with Crippen LogP contribution in [-0.4, -0.2) is 40.2 Å². The average Bonchev–Trinajstić information content (AvgIpc) is 3.41. The van der Waals surface area contributed by atoms with Crippen LogP contribution in [-0.2, 0) is 11.3 Å². The first-order valence-electron chi connectivity index (χ1n) is 11.5. The lowest BCUT2D eigenvalue weighted by molar-refractivity contribution is -0.118. The van der Waals surface area contributed by atoms with Crippen LogP contribution in [0.5, 0.6) is 0 Å². The first-order chi connectivity index (χ1) is 15.7. The fraction of sp³-hybridized carbons (Fsp3) is 0.400. The summed E-state index contributed by atoms with van der Waals surface area (Å²) in [6.45, 7) is 2.11. The summed E-state index contributed by atoms with van der Waals surface area (Å²) < 4.78 is 2.10. The van der Waals surface area contributed by atoms with Crippen molar-refractivity contribution in [1.82, 2.24) is 14.9 Å². The predicted molar refractivity (Wildman–Crippen MR) is 128 cm³/mol. The van der Waals surface area contributed by atoms with Gasteiger partial charge >= 0.3 is 0 Å². The molecule has 5 rings (SSSR count). The Labute approximate surface area is 192 Å². The molecule has 0 saturated heterocycles. The number of rotatable bonds is 6. The predicted octanol–water partition coefficient (Wildman–Crippen LogP) is 4.49. The maximum atomic E-state index is 13.4. The van der Waals surface area contributed by atoms with Gasteiger partial charge < -0.3 is 9.88 Å². The Morgan fingerprint density at radius 1 is 1.00 bits per heavy atom. The number of carbonyl (C=O) groups is 2. The Hall–Kier alpha value is -2.80. The number of carbonyl (C=O) groups excluding carboxylic acids is 2. The Morgan fingerprint density at radius 3 is 2.66 bits per heavy atom. The van der Waals surface area contributed by atoms with Gasteiger partial charge in [-0.1, -0.05) is 43.5 Å². The van der Waals surface area contributed by atoms with Crippen LogP contribution in [0.25, 0.3) is 11.0 Å². The zero-order chi connectivity index (χ0) is 21.9. The third kappa shape index (κ3) is 4.26. The van der Waals surface area contributed by atoms with Gasteiger partial charge in [-0.05, 0) is 43.0 Å². The van der Waals surface area contributed by atoms with Crippen molar-refractivity contribution in [2.45, 2.75) is 43.5 Å². The minimum absolute atomic E-state index is 0.0331. The van der Waals surface area contributed by atoms with Crippen LogP contribution < -0.4 is 10.2 Å². The summed E-state index contributed by atoms with van der Waals surface area (Å²) in [5.41, 5.74) is 2.57. The van der Waals surface area contributed by atoms with Gasteiger partial charge in [0.15, 0.2) is 0 Å². The second-order valence-corrected chi connectivity index (χ2v) is 9.62. The minimum atomic E-state index is -0.0650. The standard InChI is InChI=1S/C25H28N4O2S/c30-23(26-16-18-8-2-1-3-9-18)17-32-22-13-7-4-10-19(22)24(31)29-15-14-28-21-12-6-5-11-20(21)27-25(28)29/h4-7,10-13,18H,1-3,8-9,14-17H2,(H,26,30). The third-order valence-electron chi connectivity index (χ3n) is 6.46. The van der Waals surface area contributed by atoms with Gasteiger partial charge in [-0.2, -0.15) is 0 Å². The molecule has 32 heavy (non-hydrogen) atoms. The van der Waals surface area contributed by atoms with Crippen LogP contribution in [0.1, 0.15) is 42.5 Å². The molecule has 166 valence electrons. The molecule has 1 saturated carbocycles. The van der Waals surface area contributed by atoms with Crippen LogP contribution >= 0.6 is 11.8 Å². The summed E-state index contributed by atoms with van der Waals surface area (Å²) in [5.74, 6) is 1.59. The lowest BCUT2D eigenvalue weighted by Crippen LogP contribution is -2.32. The van der Waals surface area contributed by atoms with Crippen LogP contribution in [0.4, 0.5) is 5.95 Å². The second kappa shape index (κ2) is 9.36. The largest absolute Gasteiger partial charge is 0.355 e. The van der Waals surface area contributed by atoms with E-state index in [1.165, 1.54) is 43.9 Å². The second-order valence-electron chi connectivity index (χ2n) is 8.60. The molecule has 1 aromatic heterocycles. The van der Waals surface area contributed by atoms with Gasteiger partial charge in [0.05, 0.1) is 22.3 Å². The zero-order valence-corrected chi connectivity index (χ0v) is 18.9. The van der Waals surface area contributed by atoms with E-state index >= 15 is 0 Å². The Balaban J connectivity index is 1.26. The monoisotopic (exact) mass is 448 g/mol. The number of aromatic nitrogens is 2. The number of hydrogen-bond acceptors (Lipinski definition) is 4. The molecule has 6 nitrogen and oxygen atoms in total. The molecule has 0 atom stereocenters. The van der Waals surface area contributed by atoms with E-state index in [9.17, 15) is 9.59 Å². The van der Waals surface area contributed by atoms with E-state index in [1.807, 2.05) is 48.5 Å². The topological polar surface area (TPSA) is 67.2 Å². The van der Waals surface area contributed by atoms with E-state index < -0.39 is 0 Å². The maximum Gasteiger partial charge on any atom is 0.261 e. The van der Waals surface area contributed by atoms with E-state index in [0.717, 1.165) is 29.0 Å². The van der Waals surface area contributed by atoms with Gasteiger partial charge in [0.2, 0.25) is 11.9 Å². The van der Waals surface area contributed by atoms with Crippen LogP contribution in [0.2, 0.25) is 0 Å². The molecule has 3 aromatic rings. The van der Waals surface area contributed by atoms with Gasteiger partial charge in [0.25, 0.3) is 5.91 Å². The molecule has 2 amide bonds. The van der Waals surface area contributed by atoms with Crippen molar-refractivity contribution in [3.8, 4) is 0 Å². The molecule has 2 heterocycles. The van der Waals surface area contributed by atoms with Gasteiger partial charge in [-0.25, -0.2) is 4.98 Å². The highest BCUT2D eigenvalue weighted by molar-refractivity contribution is 8.00. The molecule has 0 bridgehead atoms. The van der Waals surface area contributed by atoms with E-state index in [2.05, 4.69) is 9.88 Å². The highest BCUT2D eigenvalue weighted by Crippen LogP contribution is 2.31. The Kier molecular flexibility index (Phi) is 6.17. The van der Waals surface area contributed by atoms with Crippen molar-refractivity contribution in [2.75, 3.05) is 23.7 Å². The maximum absolute atomic E-state index is 13.4. The molecule has 0 spiro atoms. The lowest BCUT2D eigenvalue weighted by atomic mass is 9.89. The van der Waals surface area contributed by atoms with Crippen molar-refractivity contribution >= 4 is 40.6 Å². The van der Waals surface area contributed by atoms with Crippen molar-refractivity contribution in [1.29, 1.82) is 0 Å². The van der Waals surface area contributed by atoms with Crippen LogP contribution in [0.3, 0.4) is 0 Å². The third-order valence-corrected chi connectivity index (χ3v) is 7.53. The first kappa shape index (κ1) is 21.1. The van der Waals surface area contributed by atoms with Gasteiger partial charge in [0, 0.05) is 24.5 Å². The molecule has 2 aliphatic rings. The number of imidazole rings is 1. The molecule has 0 radical (unpaired) electrons. The first-order valence-corrected chi connectivity index (χ1v) is 12.4. The average molecular weight is 449 g/mol. The van der Waals surface area contributed by atoms with Crippen LogP contribution in [0, 0.1) is 5.92 Å². The molecule has 1 N–H and O–H groups in total. The van der Waals surface area contributed by atoms with Crippen LogP contribution in [0.15, 0.2) is 53.4 Å². The fourth-order valence-corrected chi connectivity index (χ4v) is 5.61. The summed E-state index contributed by atoms with van der Waals surface area (Å²) in [6.07, 6.45) is 6.29. The summed E-state index contributed by atoms with van der Waals surface area (Å²) in [4.78, 5) is 33.1. The Bertz CT molecular complexity index is 1140. The summed E-state index contributed by atoms with van der Waals surface area (Å²) in [6, 6.07) is 15.5. The SMILES string of the molecule is O=C(CSc1ccccc1C(=O)N1CCn2c1nc1ccccc12)NCC1CCCCC1. The number of nitrogens with zero attached hydrogens (tertiary/aromatic N) is 3. The number of benzene rings is 2. The molecule has 1 fully saturated rings. The van der Waals surface area contributed by atoms with Crippen molar-refractivity contribution < 1.29 is 9.59 Å². The number of anilines is 1. The Morgan fingerprint density at radius 2 is 1.78 bits per heavy atom. The smallest absolute Gasteiger partial charge is 0.261 e. The fourth-order valence-electron chi connectivity index (χ4n) is 4.74. The molecular formula is C25H28N4O2S. The lowest BCUT2D eigenvalue weighted by Gasteiger charge is -2.21. The summed E-state index contributed by atoms with van der Waals surface area (Å²) >= 11 is 1.43. The van der Waals surface area contributed by atoms with Crippen molar-refractivity contribution in [3.63, 3.8) is 0 Å². The van der Waals surface area contributed by atoms with Gasteiger partial charge in [0.1, 0.15) is 0 Å². The number of amides is 2. The number of fused-ring (bicyclic) bond motifs is 3. The molecule has 2 aromatic carbocycles. The zero-order valence-electron chi connectivity index (χ0n) is 18.1. The summed E-state index contributed by atoms with van der Waals surface area (Å²) in [5, 5.41) is 3.09. The minimum Gasteiger partial charge on any atom is -0.355 e. The molecule has 0 unspecified atom stereocenters. The highest BCUT2D eigenvalue weighted by Gasteiger charge is 2.30. The normalized spacial score (nSPS) is 16.3. The number of hydrogen-bond donors (Lipinski definition) is 1. The van der Waals surface area contributed by atoms with E-state index in [4.69, 9.17) is 4.98 Å². The van der Waals surface area contributed by atoms with Gasteiger partial charge in [-0.3, -0.25) is 14.5 Å². The summed E-state index contributed by atoms with van der Waals surface area (Å²) in [7, 11) is 0. The number of nitrogens with one attached hydrogen (secondary N) is 1. The van der Waals surface area contributed by atoms with Crippen molar-refractivity contribution in [2.24, 2.45) is 5.92 Å². The van der Waals surface area contributed by atoms with E-state index in [1.54, 1.807) is 4.90 Å². The number of thioether (sulfide) groups is 1. The van der Waals surface area contributed by atoms with Gasteiger partial charge in [-0.15, -0.1) is 11.8 Å².